The normalized spacial score (nSPS) is 13.0. The first-order chi connectivity index (χ1) is 9.02. The molecule has 1 aromatic carbocycles. The molecule has 0 saturated heterocycles. The lowest BCUT2D eigenvalue weighted by Gasteiger charge is -2.18. The predicted molar refractivity (Wildman–Crippen MR) is 86.2 cm³/mol. The molecule has 0 heterocycles. The molecule has 0 radical (unpaired) electrons. The van der Waals surface area contributed by atoms with Crippen LogP contribution in [0.3, 0.4) is 0 Å². The van der Waals surface area contributed by atoms with Gasteiger partial charge in [0.2, 0.25) is 0 Å². The van der Waals surface area contributed by atoms with Crippen molar-refractivity contribution in [3.8, 4) is 5.75 Å². The summed E-state index contributed by atoms with van der Waals surface area (Å²) >= 11 is 2.01. The van der Waals surface area contributed by atoms with E-state index in [4.69, 9.17) is 4.74 Å². The standard InChI is InChI=1S/C16H27NOS/c1-12(2)10-19-11-16(17-5)14-7-6-8-15(9-14)18-13(3)4/h6-9,12-13,16-17H,10-11H2,1-5H3. The van der Waals surface area contributed by atoms with Gasteiger partial charge < -0.3 is 10.1 Å². The maximum Gasteiger partial charge on any atom is 0.120 e. The molecule has 2 nitrogen and oxygen atoms in total. The van der Waals surface area contributed by atoms with E-state index >= 15 is 0 Å². The summed E-state index contributed by atoms with van der Waals surface area (Å²) in [5.41, 5.74) is 1.30. The molecule has 0 aliphatic carbocycles. The van der Waals surface area contributed by atoms with E-state index in [-0.39, 0.29) is 6.10 Å². The predicted octanol–water partition coefficient (Wildman–Crippen LogP) is 4.12. The molecule has 1 rings (SSSR count). The molecular formula is C16H27NOS. The molecule has 0 aliphatic rings. The second-order valence-electron chi connectivity index (χ2n) is 5.51. The summed E-state index contributed by atoms with van der Waals surface area (Å²) in [5, 5.41) is 3.40. The van der Waals surface area contributed by atoms with Crippen LogP contribution in [0.5, 0.6) is 5.75 Å². The number of ether oxygens (including phenoxy) is 1. The summed E-state index contributed by atoms with van der Waals surface area (Å²) in [5.74, 6) is 4.01. The Balaban J connectivity index is 2.64. The summed E-state index contributed by atoms with van der Waals surface area (Å²) in [7, 11) is 2.02. The van der Waals surface area contributed by atoms with Crippen LogP contribution in [-0.2, 0) is 0 Å². The largest absolute Gasteiger partial charge is 0.491 e. The van der Waals surface area contributed by atoms with Crippen LogP contribution in [-0.4, -0.2) is 24.7 Å². The van der Waals surface area contributed by atoms with Crippen molar-refractivity contribution in [1.29, 1.82) is 0 Å². The lowest BCUT2D eigenvalue weighted by Crippen LogP contribution is -2.19. The molecule has 0 aromatic heterocycles. The van der Waals surface area contributed by atoms with E-state index in [2.05, 4.69) is 51.2 Å². The highest BCUT2D eigenvalue weighted by Crippen LogP contribution is 2.23. The minimum atomic E-state index is 0.221. The van der Waals surface area contributed by atoms with E-state index in [1.807, 2.05) is 24.9 Å². The number of thioether (sulfide) groups is 1. The van der Waals surface area contributed by atoms with Gasteiger partial charge in [-0.15, -0.1) is 0 Å². The van der Waals surface area contributed by atoms with Crippen LogP contribution in [0.4, 0.5) is 0 Å². The number of hydrogen-bond acceptors (Lipinski definition) is 3. The Hall–Kier alpha value is -0.670. The first-order valence-corrected chi connectivity index (χ1v) is 8.20. The van der Waals surface area contributed by atoms with E-state index < -0.39 is 0 Å². The van der Waals surface area contributed by atoms with Crippen molar-refractivity contribution >= 4 is 11.8 Å². The molecule has 19 heavy (non-hydrogen) atoms. The molecule has 3 heteroatoms. The van der Waals surface area contributed by atoms with E-state index in [0.29, 0.717) is 6.04 Å². The SMILES string of the molecule is CNC(CSCC(C)C)c1cccc(OC(C)C)c1. The van der Waals surface area contributed by atoms with Crippen molar-refractivity contribution in [2.75, 3.05) is 18.6 Å². The zero-order chi connectivity index (χ0) is 14.3. The van der Waals surface area contributed by atoms with Gasteiger partial charge in [0.25, 0.3) is 0 Å². The second-order valence-corrected chi connectivity index (χ2v) is 6.59. The van der Waals surface area contributed by atoms with Crippen molar-refractivity contribution < 1.29 is 4.74 Å². The van der Waals surface area contributed by atoms with Gasteiger partial charge in [-0.1, -0.05) is 26.0 Å². The molecule has 1 atom stereocenters. The van der Waals surface area contributed by atoms with E-state index in [1.54, 1.807) is 0 Å². The van der Waals surface area contributed by atoms with Crippen LogP contribution in [0.2, 0.25) is 0 Å². The number of nitrogens with one attached hydrogen (secondary N) is 1. The van der Waals surface area contributed by atoms with Gasteiger partial charge in [0.15, 0.2) is 0 Å². The molecule has 0 fully saturated rings. The summed E-state index contributed by atoms with van der Waals surface area (Å²) in [4.78, 5) is 0. The highest BCUT2D eigenvalue weighted by molar-refractivity contribution is 7.99. The van der Waals surface area contributed by atoms with E-state index in [9.17, 15) is 0 Å². The van der Waals surface area contributed by atoms with Crippen molar-refractivity contribution in [3.05, 3.63) is 29.8 Å². The minimum absolute atomic E-state index is 0.221. The van der Waals surface area contributed by atoms with Crippen molar-refractivity contribution in [2.45, 2.75) is 39.8 Å². The summed E-state index contributed by atoms with van der Waals surface area (Å²) in [6, 6.07) is 8.81. The Bertz CT molecular complexity index is 366. The smallest absolute Gasteiger partial charge is 0.120 e. The molecule has 1 aromatic rings. The minimum Gasteiger partial charge on any atom is -0.491 e. The fraction of sp³-hybridized carbons (Fsp3) is 0.625. The Labute approximate surface area is 122 Å². The quantitative estimate of drug-likeness (QED) is 0.774. The van der Waals surface area contributed by atoms with E-state index in [0.717, 1.165) is 17.4 Å². The zero-order valence-electron chi connectivity index (χ0n) is 12.8. The molecular weight excluding hydrogens is 254 g/mol. The molecule has 1 N–H and O–H groups in total. The lowest BCUT2D eigenvalue weighted by molar-refractivity contribution is 0.242. The highest BCUT2D eigenvalue weighted by atomic mass is 32.2. The molecule has 0 amide bonds. The summed E-state index contributed by atoms with van der Waals surface area (Å²) < 4.78 is 5.76. The molecule has 0 aliphatic heterocycles. The van der Waals surface area contributed by atoms with Gasteiger partial charge in [0, 0.05) is 11.8 Å². The monoisotopic (exact) mass is 281 g/mol. The molecule has 0 saturated carbocycles. The van der Waals surface area contributed by atoms with Gasteiger partial charge in [0.05, 0.1) is 6.10 Å². The molecule has 0 bridgehead atoms. The maximum absolute atomic E-state index is 5.76. The third-order valence-electron chi connectivity index (χ3n) is 2.72. The van der Waals surface area contributed by atoms with Crippen LogP contribution in [0.15, 0.2) is 24.3 Å². The number of hydrogen-bond donors (Lipinski definition) is 1. The van der Waals surface area contributed by atoms with Gasteiger partial charge >= 0.3 is 0 Å². The topological polar surface area (TPSA) is 21.3 Å². The van der Waals surface area contributed by atoms with Crippen LogP contribution in [0, 0.1) is 5.92 Å². The van der Waals surface area contributed by atoms with Gasteiger partial charge in [-0.25, -0.2) is 0 Å². The van der Waals surface area contributed by atoms with E-state index in [1.165, 1.54) is 11.3 Å². The third kappa shape index (κ3) is 6.35. The van der Waals surface area contributed by atoms with Gasteiger partial charge in [-0.05, 0) is 50.3 Å². The Morgan fingerprint density at radius 1 is 1.16 bits per heavy atom. The Kier molecular flexibility index (Phi) is 7.32. The summed E-state index contributed by atoms with van der Waals surface area (Å²) in [6.07, 6.45) is 0.221. The van der Waals surface area contributed by atoms with Crippen molar-refractivity contribution in [3.63, 3.8) is 0 Å². The highest BCUT2D eigenvalue weighted by Gasteiger charge is 2.11. The fourth-order valence-corrected chi connectivity index (χ4v) is 3.05. The molecule has 1 unspecified atom stereocenters. The van der Waals surface area contributed by atoms with Gasteiger partial charge in [0.1, 0.15) is 5.75 Å². The first-order valence-electron chi connectivity index (χ1n) is 7.04. The molecule has 108 valence electrons. The average Bonchev–Trinajstić information content (AvgIpc) is 2.34. The third-order valence-corrected chi connectivity index (χ3v) is 4.19. The first kappa shape index (κ1) is 16.4. The Morgan fingerprint density at radius 2 is 1.89 bits per heavy atom. The molecule has 0 spiro atoms. The second kappa shape index (κ2) is 8.49. The van der Waals surface area contributed by atoms with Crippen LogP contribution in [0.25, 0.3) is 0 Å². The van der Waals surface area contributed by atoms with Gasteiger partial charge in [-0.3, -0.25) is 0 Å². The van der Waals surface area contributed by atoms with Crippen LogP contribution in [0.1, 0.15) is 39.3 Å². The average molecular weight is 281 g/mol. The number of rotatable bonds is 8. The summed E-state index contributed by atoms with van der Waals surface area (Å²) in [6.45, 7) is 8.64. The number of benzene rings is 1. The van der Waals surface area contributed by atoms with Crippen molar-refractivity contribution in [1.82, 2.24) is 5.32 Å². The van der Waals surface area contributed by atoms with Crippen molar-refractivity contribution in [2.24, 2.45) is 5.92 Å². The van der Waals surface area contributed by atoms with Crippen LogP contribution >= 0.6 is 11.8 Å². The maximum atomic E-state index is 5.76. The Morgan fingerprint density at radius 3 is 2.47 bits per heavy atom. The lowest BCUT2D eigenvalue weighted by atomic mass is 10.1. The fourth-order valence-electron chi connectivity index (χ4n) is 1.84. The van der Waals surface area contributed by atoms with Crippen LogP contribution < -0.4 is 10.1 Å². The zero-order valence-corrected chi connectivity index (χ0v) is 13.6. The van der Waals surface area contributed by atoms with Gasteiger partial charge in [-0.2, -0.15) is 11.8 Å².